The van der Waals surface area contributed by atoms with Crippen molar-refractivity contribution in [3.8, 4) is 11.3 Å². The molecule has 0 aliphatic heterocycles. The first-order valence-electron chi connectivity index (χ1n) is 7.92. The molecule has 0 bridgehead atoms. The molecule has 24 heavy (non-hydrogen) atoms. The van der Waals surface area contributed by atoms with E-state index in [1.54, 1.807) is 6.07 Å². The lowest BCUT2D eigenvalue weighted by Crippen LogP contribution is -2.17. The molecule has 1 aliphatic carbocycles. The second kappa shape index (κ2) is 6.76. The van der Waals surface area contributed by atoms with Crippen LogP contribution in [-0.4, -0.2) is 16.0 Å². The number of nitrogens with zero attached hydrogens (tertiary/aromatic N) is 2. The van der Waals surface area contributed by atoms with Gasteiger partial charge in [-0.25, -0.2) is 9.97 Å². The Balaban J connectivity index is 1.88. The van der Waals surface area contributed by atoms with Crippen molar-refractivity contribution >= 4 is 5.95 Å². The van der Waals surface area contributed by atoms with Crippen molar-refractivity contribution in [1.29, 1.82) is 0 Å². The van der Waals surface area contributed by atoms with Gasteiger partial charge in [0.25, 0.3) is 0 Å². The third-order valence-corrected chi connectivity index (χ3v) is 4.16. The van der Waals surface area contributed by atoms with Gasteiger partial charge in [-0.3, -0.25) is 0 Å². The fourth-order valence-electron chi connectivity index (χ4n) is 2.88. The maximum atomic E-state index is 12.7. The highest BCUT2D eigenvalue weighted by atomic mass is 19.4. The van der Waals surface area contributed by atoms with E-state index in [1.807, 2.05) is 0 Å². The third kappa shape index (κ3) is 3.84. The molecule has 7 heteroatoms. The molecule has 1 aromatic carbocycles. The Morgan fingerprint density at radius 1 is 1.08 bits per heavy atom. The van der Waals surface area contributed by atoms with Crippen LogP contribution in [0.2, 0.25) is 0 Å². The number of halogens is 3. The number of hydrogen-bond donors (Lipinski definition) is 1. The summed E-state index contributed by atoms with van der Waals surface area (Å²) in [6, 6.07) is 6.86. The summed E-state index contributed by atoms with van der Waals surface area (Å²) >= 11 is 0. The molecule has 128 valence electrons. The highest BCUT2D eigenvalue weighted by molar-refractivity contribution is 5.61. The molecule has 0 unspecified atom stereocenters. The quantitative estimate of drug-likeness (QED) is 0.848. The first-order chi connectivity index (χ1) is 11.5. The van der Waals surface area contributed by atoms with Gasteiger partial charge in [-0.05, 0) is 31.0 Å². The molecule has 1 saturated carbocycles. The minimum Gasteiger partial charge on any atom is -0.672 e. The SMILES string of the molecule is [NH-]Cc1cc(-c2ccc(C(F)(F)F)cc2)nc(NC2CCCC2)n1. The number of benzene rings is 1. The molecule has 1 fully saturated rings. The second-order valence-electron chi connectivity index (χ2n) is 5.95. The van der Waals surface area contributed by atoms with Crippen LogP contribution in [0.3, 0.4) is 0 Å². The van der Waals surface area contributed by atoms with E-state index in [0.29, 0.717) is 28.9 Å². The largest absolute Gasteiger partial charge is 0.672 e. The number of aromatic nitrogens is 2. The Kier molecular flexibility index (Phi) is 4.71. The summed E-state index contributed by atoms with van der Waals surface area (Å²) in [4.78, 5) is 8.73. The van der Waals surface area contributed by atoms with Gasteiger partial charge in [0.2, 0.25) is 5.95 Å². The molecular formula is C17H18F3N4-. The smallest absolute Gasteiger partial charge is 0.416 e. The molecule has 2 aromatic rings. The van der Waals surface area contributed by atoms with Crippen molar-refractivity contribution < 1.29 is 13.2 Å². The van der Waals surface area contributed by atoms with Crippen molar-refractivity contribution in [2.24, 2.45) is 0 Å². The van der Waals surface area contributed by atoms with Gasteiger partial charge in [-0.2, -0.15) is 13.2 Å². The summed E-state index contributed by atoms with van der Waals surface area (Å²) in [6.07, 6.45) is 0.100. The minimum absolute atomic E-state index is 0.00446. The van der Waals surface area contributed by atoms with Gasteiger partial charge in [0.15, 0.2) is 0 Å². The van der Waals surface area contributed by atoms with Gasteiger partial charge in [0, 0.05) is 17.3 Å². The fourth-order valence-corrected chi connectivity index (χ4v) is 2.88. The summed E-state index contributed by atoms with van der Waals surface area (Å²) in [7, 11) is 0. The number of rotatable bonds is 4. The van der Waals surface area contributed by atoms with Gasteiger partial charge in [0.05, 0.1) is 11.3 Å². The molecule has 0 radical (unpaired) electrons. The Hall–Kier alpha value is -2.15. The summed E-state index contributed by atoms with van der Waals surface area (Å²) in [5.41, 5.74) is 8.49. The molecule has 0 amide bonds. The summed E-state index contributed by atoms with van der Waals surface area (Å²) < 4.78 is 38.0. The molecule has 1 aromatic heterocycles. The van der Waals surface area contributed by atoms with Crippen LogP contribution < -0.4 is 5.32 Å². The zero-order valence-corrected chi connectivity index (χ0v) is 13.0. The zero-order chi connectivity index (χ0) is 17.2. The van der Waals surface area contributed by atoms with Crippen LogP contribution in [-0.2, 0) is 12.7 Å². The second-order valence-corrected chi connectivity index (χ2v) is 5.95. The number of hydrogen-bond acceptors (Lipinski definition) is 3. The normalized spacial score (nSPS) is 15.7. The van der Waals surface area contributed by atoms with E-state index < -0.39 is 11.7 Å². The first kappa shape index (κ1) is 16.7. The van der Waals surface area contributed by atoms with Crippen LogP contribution in [0.5, 0.6) is 0 Å². The van der Waals surface area contributed by atoms with Crippen LogP contribution in [0.25, 0.3) is 17.0 Å². The van der Waals surface area contributed by atoms with E-state index in [-0.39, 0.29) is 6.54 Å². The molecular weight excluding hydrogens is 317 g/mol. The van der Waals surface area contributed by atoms with Crippen molar-refractivity contribution in [3.05, 3.63) is 47.3 Å². The van der Waals surface area contributed by atoms with E-state index in [1.165, 1.54) is 25.0 Å². The molecule has 0 spiro atoms. The van der Waals surface area contributed by atoms with Gasteiger partial charge in [0.1, 0.15) is 0 Å². The molecule has 4 nitrogen and oxygen atoms in total. The van der Waals surface area contributed by atoms with Crippen molar-refractivity contribution in [1.82, 2.24) is 9.97 Å². The van der Waals surface area contributed by atoms with E-state index in [4.69, 9.17) is 5.73 Å². The third-order valence-electron chi connectivity index (χ3n) is 4.16. The standard InChI is InChI=1S/C17H18F3N4/c18-17(19,20)12-7-5-11(6-8-12)15-9-14(10-21)23-16(24-15)22-13-3-1-2-4-13/h5-9,13,21H,1-4,10H2,(H,22,23,24)/q-1. The van der Waals surface area contributed by atoms with Crippen LogP contribution in [0.15, 0.2) is 30.3 Å². The highest BCUT2D eigenvalue weighted by Gasteiger charge is 2.30. The molecule has 1 aliphatic rings. The maximum Gasteiger partial charge on any atom is 0.416 e. The predicted molar refractivity (Wildman–Crippen MR) is 86.4 cm³/mol. The Bertz CT molecular complexity index is 692. The van der Waals surface area contributed by atoms with E-state index >= 15 is 0 Å². The van der Waals surface area contributed by atoms with Crippen LogP contribution in [0, 0.1) is 0 Å². The van der Waals surface area contributed by atoms with Gasteiger partial charge in [-0.1, -0.05) is 25.0 Å². The predicted octanol–water partition coefficient (Wildman–Crippen LogP) is 5.07. The Morgan fingerprint density at radius 2 is 1.75 bits per heavy atom. The Labute approximate surface area is 138 Å². The average Bonchev–Trinajstić information content (AvgIpc) is 3.07. The lowest BCUT2D eigenvalue weighted by Gasteiger charge is -2.15. The highest BCUT2D eigenvalue weighted by Crippen LogP contribution is 2.31. The number of nitrogens with one attached hydrogen (secondary N) is 2. The van der Waals surface area contributed by atoms with E-state index in [9.17, 15) is 13.2 Å². The van der Waals surface area contributed by atoms with Crippen molar-refractivity contribution in [3.63, 3.8) is 0 Å². The molecule has 0 saturated heterocycles. The van der Waals surface area contributed by atoms with Gasteiger partial charge in [-0.15, -0.1) is 6.54 Å². The lowest BCUT2D eigenvalue weighted by atomic mass is 10.1. The first-order valence-corrected chi connectivity index (χ1v) is 7.92. The summed E-state index contributed by atoms with van der Waals surface area (Å²) in [5.74, 6) is 0.446. The number of alkyl halides is 3. The average molecular weight is 335 g/mol. The van der Waals surface area contributed by atoms with Crippen molar-refractivity contribution in [2.45, 2.75) is 44.4 Å². The monoisotopic (exact) mass is 335 g/mol. The summed E-state index contributed by atoms with van der Waals surface area (Å²) in [5, 5.41) is 3.28. The molecule has 1 heterocycles. The van der Waals surface area contributed by atoms with Crippen molar-refractivity contribution in [2.75, 3.05) is 5.32 Å². The fraction of sp³-hybridized carbons (Fsp3) is 0.412. The maximum absolute atomic E-state index is 12.7. The zero-order valence-electron chi connectivity index (χ0n) is 13.0. The van der Waals surface area contributed by atoms with Crippen LogP contribution >= 0.6 is 0 Å². The van der Waals surface area contributed by atoms with Crippen LogP contribution in [0.1, 0.15) is 36.9 Å². The van der Waals surface area contributed by atoms with E-state index in [0.717, 1.165) is 25.0 Å². The van der Waals surface area contributed by atoms with Gasteiger partial charge < -0.3 is 11.1 Å². The van der Waals surface area contributed by atoms with E-state index in [2.05, 4.69) is 15.3 Å². The molecule has 3 rings (SSSR count). The molecule has 0 atom stereocenters. The topological polar surface area (TPSA) is 61.6 Å². The summed E-state index contributed by atoms with van der Waals surface area (Å²) in [6.45, 7) is -0.00446. The Morgan fingerprint density at radius 3 is 2.33 bits per heavy atom. The lowest BCUT2D eigenvalue weighted by molar-refractivity contribution is -0.137. The molecule has 2 N–H and O–H groups in total. The van der Waals surface area contributed by atoms with Crippen LogP contribution in [0.4, 0.5) is 19.1 Å². The minimum atomic E-state index is -4.36. The van der Waals surface area contributed by atoms with Gasteiger partial charge >= 0.3 is 6.18 Å². The number of anilines is 1.